The average Bonchev–Trinajstić information content (AvgIpc) is 3.42. The highest BCUT2D eigenvalue weighted by Gasteiger charge is 2.43. The van der Waals surface area contributed by atoms with Crippen LogP contribution in [0.2, 0.25) is 0 Å². The van der Waals surface area contributed by atoms with Crippen LogP contribution in [0.25, 0.3) is 11.1 Å². The fraction of sp³-hybridized carbons (Fsp3) is 0.455. The minimum Gasteiger partial charge on any atom is -0.497 e. The molecule has 1 atom stereocenters. The Labute approximate surface area is 214 Å². The van der Waals surface area contributed by atoms with Gasteiger partial charge < -0.3 is 9.47 Å². The lowest BCUT2D eigenvalue weighted by atomic mass is 9.65. The molecular weight excluding hydrogens is 447 g/mol. The Morgan fingerprint density at radius 1 is 0.861 bits per heavy atom. The molecule has 0 aromatic heterocycles. The van der Waals surface area contributed by atoms with Crippen molar-refractivity contribution in [3.63, 3.8) is 0 Å². The summed E-state index contributed by atoms with van der Waals surface area (Å²) in [6.45, 7) is 5.22. The van der Waals surface area contributed by atoms with Gasteiger partial charge in [-0.1, -0.05) is 51.0 Å². The average molecular weight is 485 g/mol. The maximum Gasteiger partial charge on any atom is 0.131 e. The molecule has 0 aliphatic heterocycles. The van der Waals surface area contributed by atoms with Gasteiger partial charge in [-0.15, -0.1) is 0 Å². The lowest BCUT2D eigenvalue weighted by Crippen LogP contribution is -2.31. The normalized spacial score (nSPS) is 21.3. The molecule has 3 aliphatic rings. The first kappa shape index (κ1) is 23.6. The lowest BCUT2D eigenvalue weighted by Gasteiger charge is -2.39. The first-order valence-electron chi connectivity index (χ1n) is 13.6. The van der Waals surface area contributed by atoms with E-state index in [0.717, 1.165) is 23.3 Å². The van der Waals surface area contributed by atoms with Crippen LogP contribution >= 0.6 is 0 Å². The van der Waals surface area contributed by atoms with Crippen molar-refractivity contribution in [2.45, 2.75) is 83.2 Å². The Balaban J connectivity index is 1.32. The molecule has 0 N–H and O–H groups in total. The number of fused-ring (bicyclic) bond motifs is 2. The van der Waals surface area contributed by atoms with E-state index < -0.39 is 0 Å². The van der Waals surface area contributed by atoms with Crippen molar-refractivity contribution in [3.05, 3.63) is 82.7 Å². The number of rotatable bonds is 6. The number of hydrogen-bond acceptors (Lipinski definition) is 2. The van der Waals surface area contributed by atoms with Crippen molar-refractivity contribution in [2.75, 3.05) is 7.11 Å². The maximum atomic E-state index is 15.0. The molecule has 0 heterocycles. The zero-order valence-electron chi connectivity index (χ0n) is 21.8. The molecule has 2 fully saturated rings. The van der Waals surface area contributed by atoms with E-state index in [1.807, 2.05) is 6.07 Å². The highest BCUT2D eigenvalue weighted by molar-refractivity contribution is 5.71. The Morgan fingerprint density at radius 2 is 1.69 bits per heavy atom. The molecule has 3 heteroatoms. The second kappa shape index (κ2) is 8.94. The molecule has 2 saturated carbocycles. The number of ether oxygens (including phenoxy) is 2. The summed E-state index contributed by atoms with van der Waals surface area (Å²) in [6, 6.07) is 18.2. The standard InChI is InChI=1S/C33H37FO2/c1-32(2)14-4-6-29(32)27-18-22(7-11-26(27)28-19-24(35-3)10-12-31(28)34)21-36-25-9-8-23-13-17-33(15-5-16-33)30(23)20-25/h7-12,18-20,29H,4-6,13-17,21H2,1-3H3. The topological polar surface area (TPSA) is 18.5 Å². The van der Waals surface area contributed by atoms with E-state index in [4.69, 9.17) is 9.47 Å². The van der Waals surface area contributed by atoms with Crippen LogP contribution in [0.15, 0.2) is 54.6 Å². The quantitative estimate of drug-likeness (QED) is 0.348. The third-order valence-corrected chi connectivity index (χ3v) is 9.45. The Bertz CT molecular complexity index is 1290. The second-order valence-electron chi connectivity index (χ2n) is 11.9. The summed E-state index contributed by atoms with van der Waals surface area (Å²) in [5, 5.41) is 0. The van der Waals surface area contributed by atoms with Gasteiger partial charge in [0.1, 0.15) is 23.9 Å². The molecule has 36 heavy (non-hydrogen) atoms. The third kappa shape index (κ3) is 4.01. The van der Waals surface area contributed by atoms with Gasteiger partial charge in [0.05, 0.1) is 7.11 Å². The van der Waals surface area contributed by atoms with Gasteiger partial charge in [0.2, 0.25) is 0 Å². The first-order chi connectivity index (χ1) is 17.4. The number of methoxy groups -OCH3 is 1. The van der Waals surface area contributed by atoms with Crippen LogP contribution in [0.3, 0.4) is 0 Å². The van der Waals surface area contributed by atoms with Crippen LogP contribution in [0, 0.1) is 11.2 Å². The van der Waals surface area contributed by atoms with Crippen LogP contribution in [-0.2, 0) is 18.4 Å². The van der Waals surface area contributed by atoms with Gasteiger partial charge in [-0.2, -0.15) is 0 Å². The molecule has 1 spiro atoms. The van der Waals surface area contributed by atoms with E-state index in [1.54, 1.807) is 13.2 Å². The summed E-state index contributed by atoms with van der Waals surface area (Å²) in [7, 11) is 1.63. The maximum absolute atomic E-state index is 15.0. The molecule has 3 aromatic carbocycles. The molecule has 188 valence electrons. The van der Waals surface area contributed by atoms with E-state index in [1.165, 1.54) is 67.7 Å². The van der Waals surface area contributed by atoms with Gasteiger partial charge in [-0.05, 0) is 113 Å². The van der Waals surface area contributed by atoms with Crippen LogP contribution in [-0.4, -0.2) is 7.11 Å². The van der Waals surface area contributed by atoms with E-state index >= 15 is 4.39 Å². The smallest absolute Gasteiger partial charge is 0.131 e. The summed E-state index contributed by atoms with van der Waals surface area (Å²) >= 11 is 0. The molecule has 0 amide bonds. The summed E-state index contributed by atoms with van der Waals surface area (Å²) < 4.78 is 26.8. The predicted molar refractivity (Wildman–Crippen MR) is 143 cm³/mol. The number of hydrogen-bond donors (Lipinski definition) is 0. The minimum absolute atomic E-state index is 0.181. The number of halogens is 1. The van der Waals surface area contributed by atoms with Crippen LogP contribution in [0.4, 0.5) is 4.39 Å². The molecule has 0 bridgehead atoms. The highest BCUT2D eigenvalue weighted by Crippen LogP contribution is 2.53. The zero-order chi connectivity index (χ0) is 24.9. The van der Waals surface area contributed by atoms with Crippen molar-refractivity contribution >= 4 is 0 Å². The molecule has 0 saturated heterocycles. The molecule has 3 aromatic rings. The van der Waals surface area contributed by atoms with Gasteiger partial charge in [0, 0.05) is 5.56 Å². The number of aryl methyl sites for hydroxylation is 1. The minimum atomic E-state index is -0.208. The fourth-order valence-electron chi connectivity index (χ4n) is 7.13. The molecule has 2 nitrogen and oxygen atoms in total. The van der Waals surface area contributed by atoms with Crippen molar-refractivity contribution in [1.29, 1.82) is 0 Å². The Morgan fingerprint density at radius 3 is 2.42 bits per heavy atom. The van der Waals surface area contributed by atoms with E-state index in [-0.39, 0.29) is 11.2 Å². The van der Waals surface area contributed by atoms with Crippen molar-refractivity contribution < 1.29 is 13.9 Å². The SMILES string of the molecule is COc1ccc(F)c(-c2ccc(COc3ccc4c(c3)C3(CCC3)CC4)cc2C2CCCC2(C)C)c1. The summed E-state index contributed by atoms with van der Waals surface area (Å²) in [5.41, 5.74) is 7.61. The van der Waals surface area contributed by atoms with E-state index in [2.05, 4.69) is 50.2 Å². The molecular formula is C33H37FO2. The lowest BCUT2D eigenvalue weighted by molar-refractivity contribution is 0.242. The van der Waals surface area contributed by atoms with Gasteiger partial charge in [0.25, 0.3) is 0 Å². The zero-order valence-corrected chi connectivity index (χ0v) is 21.8. The van der Waals surface area contributed by atoms with Crippen LogP contribution < -0.4 is 9.47 Å². The van der Waals surface area contributed by atoms with Crippen molar-refractivity contribution in [2.24, 2.45) is 5.41 Å². The van der Waals surface area contributed by atoms with Crippen LogP contribution in [0.1, 0.15) is 87.0 Å². The van der Waals surface area contributed by atoms with Gasteiger partial charge in [-0.3, -0.25) is 0 Å². The van der Waals surface area contributed by atoms with Crippen LogP contribution in [0.5, 0.6) is 11.5 Å². The van der Waals surface area contributed by atoms with Gasteiger partial charge in [0.15, 0.2) is 0 Å². The Hall–Kier alpha value is -2.81. The predicted octanol–water partition coefficient (Wildman–Crippen LogP) is 8.74. The number of benzene rings is 3. The van der Waals surface area contributed by atoms with Crippen molar-refractivity contribution in [3.8, 4) is 22.6 Å². The first-order valence-corrected chi connectivity index (χ1v) is 13.6. The molecule has 6 rings (SSSR count). The largest absolute Gasteiger partial charge is 0.497 e. The summed E-state index contributed by atoms with van der Waals surface area (Å²) in [4.78, 5) is 0. The van der Waals surface area contributed by atoms with E-state index in [0.29, 0.717) is 29.3 Å². The summed E-state index contributed by atoms with van der Waals surface area (Å²) in [6.07, 6.45) is 10.0. The highest BCUT2D eigenvalue weighted by atomic mass is 19.1. The van der Waals surface area contributed by atoms with Gasteiger partial charge in [-0.25, -0.2) is 4.39 Å². The molecule has 1 unspecified atom stereocenters. The van der Waals surface area contributed by atoms with E-state index in [9.17, 15) is 0 Å². The summed E-state index contributed by atoms with van der Waals surface area (Å²) in [5.74, 6) is 1.82. The molecule has 3 aliphatic carbocycles. The van der Waals surface area contributed by atoms with Crippen molar-refractivity contribution in [1.82, 2.24) is 0 Å². The Kier molecular flexibility index (Phi) is 5.85. The second-order valence-corrected chi connectivity index (χ2v) is 11.9. The third-order valence-electron chi connectivity index (χ3n) is 9.45. The molecule has 0 radical (unpaired) electrons. The van der Waals surface area contributed by atoms with Gasteiger partial charge >= 0.3 is 0 Å². The monoisotopic (exact) mass is 484 g/mol. The fourth-order valence-corrected chi connectivity index (χ4v) is 7.13.